The Balaban J connectivity index is 6.93. The normalized spacial score (nSPS) is 15.1. The Hall–Kier alpha value is -6.74. The number of primary amides is 2. The van der Waals surface area contributed by atoms with Gasteiger partial charge in [0.15, 0.2) is 0 Å². The van der Waals surface area contributed by atoms with Crippen LogP contribution in [0.25, 0.3) is 0 Å². The van der Waals surface area contributed by atoms with E-state index < -0.39 is 170 Å². The Morgan fingerprint density at radius 3 is 1.17 bits per heavy atom. The highest BCUT2D eigenvalue weighted by Gasteiger charge is 2.36. The van der Waals surface area contributed by atoms with E-state index in [-0.39, 0.29) is 82.2 Å². The van der Waals surface area contributed by atoms with Gasteiger partial charge in [-0.2, -0.15) is 11.8 Å². The molecular formula is C52H95N15O16S. The van der Waals surface area contributed by atoms with Crippen LogP contribution in [0.15, 0.2) is 0 Å². The fourth-order valence-corrected chi connectivity index (χ4v) is 8.68. The van der Waals surface area contributed by atoms with Crippen molar-refractivity contribution in [3.05, 3.63) is 0 Å². The molecule has 11 atom stereocenters. The minimum Gasteiger partial charge on any atom is -0.481 e. The van der Waals surface area contributed by atoms with E-state index in [0.717, 1.165) is 0 Å². The SMILES string of the molecule is CC[C@H](C)[C@H](NC(=O)[C@H](CCCCN)NC(=O)[C@H](CCCCN)NC(=O)[C@H](CC(C)C)NC(=O)[C@H](CCC(=O)O)NC(=O)[C@H](CCCCN)NC(=O)[C@H](CC(N)=O)NC(=O)[C@H](CCSC)NC(=O)[C@H](CO)NC(=O)[C@@H](N)CCC(=O)O)C(N)=O. The topological polar surface area (TPSA) is 547 Å². The van der Waals surface area contributed by atoms with Crippen LogP contribution < -0.4 is 82.3 Å². The van der Waals surface area contributed by atoms with Gasteiger partial charge in [0.1, 0.15) is 54.4 Å². The molecule has 0 saturated heterocycles. The second kappa shape index (κ2) is 43.0. The predicted molar refractivity (Wildman–Crippen MR) is 310 cm³/mol. The summed E-state index contributed by atoms with van der Waals surface area (Å²) >= 11 is 1.26. The Bertz CT molecular complexity index is 2160. The molecule has 0 saturated carbocycles. The van der Waals surface area contributed by atoms with E-state index in [1.165, 1.54) is 11.8 Å². The van der Waals surface area contributed by atoms with Crippen LogP contribution in [-0.2, 0) is 62.3 Å². The van der Waals surface area contributed by atoms with Gasteiger partial charge in [0.2, 0.25) is 65.0 Å². The van der Waals surface area contributed by atoms with Gasteiger partial charge in [-0.05, 0) is 127 Å². The molecule has 11 amide bonds. The lowest BCUT2D eigenvalue weighted by Crippen LogP contribution is -2.61. The maximum Gasteiger partial charge on any atom is 0.303 e. The quantitative estimate of drug-likeness (QED) is 0.0254. The zero-order valence-electron chi connectivity index (χ0n) is 49.0. The summed E-state index contributed by atoms with van der Waals surface area (Å²) in [6, 6.07) is -14.5. The third kappa shape index (κ3) is 31.8. The monoisotopic (exact) mass is 1220 g/mol. The zero-order valence-corrected chi connectivity index (χ0v) is 49.8. The first kappa shape index (κ1) is 77.3. The van der Waals surface area contributed by atoms with Crippen molar-refractivity contribution < 1.29 is 77.6 Å². The molecule has 84 heavy (non-hydrogen) atoms. The van der Waals surface area contributed by atoms with Crippen molar-refractivity contribution in [3.8, 4) is 0 Å². The van der Waals surface area contributed by atoms with Gasteiger partial charge < -0.3 is 97.6 Å². The molecule has 0 aliphatic rings. The van der Waals surface area contributed by atoms with Crippen LogP contribution in [0.3, 0.4) is 0 Å². The van der Waals surface area contributed by atoms with E-state index in [1.807, 2.05) is 6.92 Å². The summed E-state index contributed by atoms with van der Waals surface area (Å²) in [5.74, 6) is -13.5. The third-order valence-corrected chi connectivity index (χ3v) is 13.9. The molecule has 0 aromatic rings. The van der Waals surface area contributed by atoms with Gasteiger partial charge >= 0.3 is 11.9 Å². The predicted octanol–water partition coefficient (Wildman–Crippen LogP) is -5.01. The van der Waals surface area contributed by atoms with Crippen LogP contribution in [0.2, 0.25) is 0 Å². The number of aliphatic hydroxyl groups excluding tert-OH is 1. The minimum atomic E-state index is -1.81. The van der Waals surface area contributed by atoms with Crippen molar-refractivity contribution in [2.45, 2.75) is 197 Å². The van der Waals surface area contributed by atoms with E-state index in [1.54, 1.807) is 27.0 Å². The molecule has 24 N–H and O–H groups in total. The summed E-state index contributed by atoms with van der Waals surface area (Å²) in [6.07, 6.45) is 1.34. The number of carboxylic acid groups (broad SMARTS) is 2. The van der Waals surface area contributed by atoms with Crippen LogP contribution in [0.1, 0.15) is 137 Å². The number of thioether (sulfide) groups is 1. The van der Waals surface area contributed by atoms with Gasteiger partial charge in [0, 0.05) is 12.8 Å². The van der Waals surface area contributed by atoms with Crippen molar-refractivity contribution in [3.63, 3.8) is 0 Å². The van der Waals surface area contributed by atoms with Crippen molar-refractivity contribution in [2.75, 3.05) is 38.2 Å². The number of nitrogens with two attached hydrogens (primary N) is 6. The number of carbonyl (C=O) groups excluding carboxylic acids is 11. The number of rotatable bonds is 47. The van der Waals surface area contributed by atoms with E-state index in [4.69, 9.17) is 39.5 Å². The Kier molecular flexibility index (Phi) is 39.5. The zero-order chi connectivity index (χ0) is 64.1. The van der Waals surface area contributed by atoms with Crippen molar-refractivity contribution >= 4 is 88.7 Å². The fraction of sp³-hybridized carbons (Fsp3) is 0.750. The van der Waals surface area contributed by atoms with Crippen LogP contribution in [-0.4, -0.2) is 191 Å². The first-order valence-corrected chi connectivity index (χ1v) is 29.7. The number of unbranched alkanes of at least 4 members (excludes halogenated alkanes) is 3. The Morgan fingerprint density at radius 1 is 0.452 bits per heavy atom. The minimum absolute atomic E-state index is 0.0283. The largest absolute Gasteiger partial charge is 0.481 e. The molecular weight excluding hydrogens is 1120 g/mol. The van der Waals surface area contributed by atoms with E-state index in [9.17, 15) is 72.5 Å². The highest BCUT2D eigenvalue weighted by Crippen LogP contribution is 2.14. The number of carbonyl (C=O) groups is 13. The molecule has 0 aromatic heterocycles. The second-order valence-corrected chi connectivity index (χ2v) is 21.8. The number of aliphatic carboxylic acids is 2. The van der Waals surface area contributed by atoms with Crippen molar-refractivity contribution in [1.29, 1.82) is 0 Å². The van der Waals surface area contributed by atoms with Crippen molar-refractivity contribution in [1.82, 2.24) is 47.9 Å². The molecule has 0 fully saturated rings. The maximum absolute atomic E-state index is 14.3. The van der Waals surface area contributed by atoms with Crippen LogP contribution >= 0.6 is 11.8 Å². The highest BCUT2D eigenvalue weighted by atomic mass is 32.2. The standard InChI is InChI=1S/C52H95N15O16S/c1-6-29(4)42(43(58)74)67-49(80)33(15-9-12-23-55)59-45(76)31(13-7-10-21-53)60-50(81)36(25-28(2)3)64-47(78)34(17-19-41(72)73)62-46(77)32(14-8-11-22-54)61-51(82)37(26-39(57)69)65-48(79)35(20-24-84-5)63-52(83)38(27-68)66-44(75)30(56)16-18-40(70)71/h28-38,42,68H,6-27,53-56H2,1-5H3,(H2,57,69)(H2,58,74)(H,59,76)(H,60,81)(H,61,82)(H,62,77)(H,63,83)(H,64,78)(H,65,79)(H,66,75)(H,67,80)(H,70,71)(H,72,73)/t29-,30-,31-,32-,33-,34-,35-,36-,37-,38-,42-/m0/s1. The van der Waals surface area contributed by atoms with Crippen LogP contribution in [0, 0.1) is 11.8 Å². The molecule has 0 aliphatic heterocycles. The van der Waals surface area contributed by atoms with E-state index in [0.29, 0.717) is 38.5 Å². The van der Waals surface area contributed by atoms with E-state index in [2.05, 4.69) is 47.9 Å². The second-order valence-electron chi connectivity index (χ2n) is 20.9. The van der Waals surface area contributed by atoms with Crippen LogP contribution in [0.5, 0.6) is 0 Å². The molecule has 0 aromatic carbocycles. The number of amides is 11. The number of carboxylic acids is 2. The molecule has 0 aliphatic carbocycles. The molecule has 480 valence electrons. The third-order valence-electron chi connectivity index (χ3n) is 13.3. The molecule has 32 heteroatoms. The summed E-state index contributed by atoms with van der Waals surface area (Å²) in [7, 11) is 0. The van der Waals surface area contributed by atoms with Gasteiger partial charge in [0.25, 0.3) is 0 Å². The van der Waals surface area contributed by atoms with E-state index >= 15 is 0 Å². The lowest BCUT2D eigenvalue weighted by atomic mass is 9.97. The summed E-state index contributed by atoms with van der Waals surface area (Å²) in [6.45, 7) is 6.69. The molecule has 0 radical (unpaired) electrons. The number of aliphatic hydroxyl groups is 1. The van der Waals surface area contributed by atoms with Crippen molar-refractivity contribution in [2.24, 2.45) is 46.2 Å². The van der Waals surface area contributed by atoms with Gasteiger partial charge in [-0.1, -0.05) is 34.1 Å². The summed E-state index contributed by atoms with van der Waals surface area (Å²) in [5, 5.41) is 50.9. The first-order valence-electron chi connectivity index (χ1n) is 28.3. The lowest BCUT2D eigenvalue weighted by Gasteiger charge is -2.29. The molecule has 0 heterocycles. The smallest absolute Gasteiger partial charge is 0.303 e. The molecule has 0 bridgehead atoms. The number of nitrogens with one attached hydrogen (secondary N) is 9. The average Bonchev–Trinajstić information content (AvgIpc) is 3.51. The highest BCUT2D eigenvalue weighted by molar-refractivity contribution is 7.98. The summed E-state index contributed by atoms with van der Waals surface area (Å²) < 4.78 is 0. The molecule has 0 unspecified atom stereocenters. The first-order chi connectivity index (χ1) is 39.6. The van der Waals surface area contributed by atoms with Gasteiger partial charge in [-0.25, -0.2) is 0 Å². The molecule has 0 rings (SSSR count). The summed E-state index contributed by atoms with van der Waals surface area (Å²) in [4.78, 5) is 172. The number of hydrogen-bond acceptors (Lipinski definition) is 19. The van der Waals surface area contributed by atoms with Crippen LogP contribution in [0.4, 0.5) is 0 Å². The van der Waals surface area contributed by atoms with Gasteiger partial charge in [-0.15, -0.1) is 0 Å². The summed E-state index contributed by atoms with van der Waals surface area (Å²) in [5.41, 5.74) is 34.0. The maximum atomic E-state index is 14.3. The number of hydrogen-bond donors (Lipinski definition) is 18. The lowest BCUT2D eigenvalue weighted by molar-refractivity contribution is -0.139. The molecule has 0 spiro atoms. The molecule has 31 nitrogen and oxygen atoms in total. The fourth-order valence-electron chi connectivity index (χ4n) is 8.21. The van der Waals surface area contributed by atoms with Gasteiger partial charge in [0.05, 0.1) is 19.1 Å². The Labute approximate surface area is 494 Å². The average molecular weight is 1220 g/mol. The van der Waals surface area contributed by atoms with Gasteiger partial charge in [-0.3, -0.25) is 62.3 Å². The Morgan fingerprint density at radius 2 is 0.798 bits per heavy atom.